The topological polar surface area (TPSA) is 50.9 Å². The monoisotopic (exact) mass is 665 g/mol. The van der Waals surface area contributed by atoms with Crippen LogP contribution in [0.2, 0.25) is 0 Å². The molecule has 0 bridgehead atoms. The van der Waals surface area contributed by atoms with E-state index in [9.17, 15) is 5.11 Å². The van der Waals surface area contributed by atoms with E-state index >= 15 is 0 Å². The van der Waals surface area contributed by atoms with Gasteiger partial charge in [-0.05, 0) is 90.1 Å². The van der Waals surface area contributed by atoms with E-state index in [4.69, 9.17) is 9.97 Å². The van der Waals surface area contributed by atoms with Gasteiger partial charge in [-0.1, -0.05) is 121 Å². The highest BCUT2D eigenvalue weighted by Crippen LogP contribution is 2.48. The van der Waals surface area contributed by atoms with Crippen LogP contribution >= 0.6 is 0 Å². The van der Waals surface area contributed by atoms with Crippen LogP contribution in [0.25, 0.3) is 82.5 Å². The summed E-state index contributed by atoms with van der Waals surface area (Å²) in [7, 11) is 7.89. The molecule has 0 unspecified atom stereocenters. The van der Waals surface area contributed by atoms with E-state index in [1.54, 1.807) is 0 Å². The number of fused-ring (bicyclic) bond motifs is 4. The summed E-state index contributed by atoms with van der Waals surface area (Å²) in [6.45, 7) is 0. The summed E-state index contributed by atoms with van der Waals surface area (Å²) in [4.78, 5) is 9.92. The van der Waals surface area contributed by atoms with Crippen molar-refractivity contribution >= 4 is 74.7 Å². The maximum absolute atomic E-state index is 11.4. The number of pyridine rings is 1. The minimum absolute atomic E-state index is 0.653. The van der Waals surface area contributed by atoms with Crippen LogP contribution in [0.15, 0.2) is 158 Å². The Morgan fingerprint density at radius 3 is 1.62 bits per heavy atom. The van der Waals surface area contributed by atoms with Gasteiger partial charge in [-0.25, -0.2) is 4.98 Å². The number of aliphatic hydroxyl groups is 1. The number of hydrogen-bond donors (Lipinski definition) is 1. The molecule has 0 radical (unpaired) electrons. The lowest BCUT2D eigenvalue weighted by molar-refractivity contribution is 0.189. The van der Waals surface area contributed by atoms with E-state index in [0.29, 0.717) is 0 Å². The van der Waals surface area contributed by atoms with Gasteiger partial charge in [-0.2, -0.15) is 0 Å². The molecule has 1 N–H and O–H groups in total. The Morgan fingerprint density at radius 1 is 0.481 bits per heavy atom. The summed E-state index contributed by atoms with van der Waals surface area (Å²) in [5, 5.41) is 16.8. The average Bonchev–Trinajstić information content (AvgIpc) is 3.57. The third kappa shape index (κ3) is 4.93. The fraction of sp³-hybridized carbons (Fsp3) is 0.0455. The molecule has 8 heteroatoms. The van der Waals surface area contributed by atoms with Gasteiger partial charge in [0, 0.05) is 17.1 Å². The lowest BCUT2D eigenvalue weighted by Gasteiger charge is -2.38. The third-order valence-corrected chi connectivity index (χ3v) is 11.1. The molecule has 2 aromatic heterocycles. The highest BCUT2D eigenvalue weighted by Gasteiger charge is 2.40. The Morgan fingerprint density at radius 2 is 1.00 bits per heavy atom. The van der Waals surface area contributed by atoms with Crippen LogP contribution in [0.1, 0.15) is 5.82 Å². The van der Waals surface area contributed by atoms with E-state index < -0.39 is 10.6 Å². The Balaban J connectivity index is 1.36. The first-order valence-electron chi connectivity index (χ1n) is 17.9. The molecular weight excluding hydrogens is 630 g/mol. The number of benzene rings is 7. The predicted molar refractivity (Wildman–Crippen MR) is 228 cm³/mol. The van der Waals surface area contributed by atoms with Crippen molar-refractivity contribution in [3.63, 3.8) is 0 Å². The summed E-state index contributed by atoms with van der Waals surface area (Å²) >= 11 is 0. The van der Waals surface area contributed by atoms with E-state index in [-0.39, 0.29) is 0 Å². The molecule has 0 aliphatic rings. The van der Waals surface area contributed by atoms with Gasteiger partial charge >= 0.3 is 0 Å². The minimum Gasteiger partial charge on any atom is -0.408 e. The molecule has 0 fully saturated rings. The summed E-state index contributed by atoms with van der Waals surface area (Å²) < 4.78 is 2.26. The molecule has 9 rings (SSSR count). The second-order valence-electron chi connectivity index (χ2n) is 14.7. The molecule has 0 saturated carbocycles. The molecule has 0 aliphatic heterocycles. The maximum Gasteiger partial charge on any atom is 0.131 e. The Labute approximate surface area is 306 Å². The zero-order chi connectivity index (χ0) is 35.6. The van der Waals surface area contributed by atoms with E-state index in [1.807, 2.05) is 34.0 Å². The standard InChI is InChI=1S/C44H35B4N3O/c45-43(46,44(47,48)52)42-50-37-22-9-10-23-39(37)51(42)38-25-24-35(27-13-1-3-15-29(27)38)41-33-19-7-5-17-31(33)40(32-18-6-8-20-34(32)41)30-16-4-2-14-28(30)36-21-11-12-26-49-36/h1-26,52H,45-48H2. The third-order valence-electron chi connectivity index (χ3n) is 11.1. The molecule has 0 aliphatic carbocycles. The highest BCUT2D eigenvalue weighted by molar-refractivity contribution is 6.53. The van der Waals surface area contributed by atoms with Crippen molar-refractivity contribution in [2.45, 2.75) is 10.6 Å². The number of nitrogens with zero attached hydrogens (tertiary/aromatic N) is 3. The first-order chi connectivity index (χ1) is 25.2. The number of rotatable bonds is 6. The Hall–Kier alpha value is -5.84. The Kier molecular flexibility index (Phi) is 7.49. The zero-order valence-electron chi connectivity index (χ0n) is 29.8. The number of aromatic nitrogens is 3. The summed E-state index contributed by atoms with van der Waals surface area (Å²) in [6, 6.07) is 53.8. The molecule has 9 aromatic rings. The molecule has 0 spiro atoms. The van der Waals surface area contributed by atoms with Gasteiger partial charge in [0.1, 0.15) is 37.2 Å². The number of hydrogen-bond acceptors (Lipinski definition) is 3. The first kappa shape index (κ1) is 32.1. The van der Waals surface area contributed by atoms with E-state index in [2.05, 4.69) is 160 Å². The molecule has 0 saturated heterocycles. The van der Waals surface area contributed by atoms with Crippen LogP contribution < -0.4 is 0 Å². The molecular formula is C44H35B4N3O. The van der Waals surface area contributed by atoms with Gasteiger partial charge in [-0.3, -0.25) is 9.55 Å². The van der Waals surface area contributed by atoms with Crippen molar-refractivity contribution in [2.75, 3.05) is 0 Å². The highest BCUT2D eigenvalue weighted by atomic mass is 16.3. The molecule has 7 aromatic carbocycles. The SMILES string of the molecule is BC(B)(O)C(B)(B)c1nc2ccccc2n1-c1ccc(-c2c3ccccc3c(-c3ccccc3-c3ccccn3)c3ccccc23)c2ccccc12. The van der Waals surface area contributed by atoms with Gasteiger partial charge in [-0.15, -0.1) is 0 Å². The van der Waals surface area contributed by atoms with Crippen molar-refractivity contribution in [1.29, 1.82) is 0 Å². The zero-order valence-corrected chi connectivity index (χ0v) is 29.8. The summed E-state index contributed by atoms with van der Waals surface area (Å²) in [5.41, 5.74) is 9.77. The van der Waals surface area contributed by atoms with Crippen molar-refractivity contribution in [3.8, 4) is 39.2 Å². The van der Waals surface area contributed by atoms with Crippen LogP contribution in [0.4, 0.5) is 0 Å². The summed E-state index contributed by atoms with van der Waals surface area (Å²) in [5.74, 6) is 0.825. The van der Waals surface area contributed by atoms with Crippen LogP contribution in [0.5, 0.6) is 0 Å². The molecule has 244 valence electrons. The van der Waals surface area contributed by atoms with Crippen molar-refractivity contribution in [1.82, 2.24) is 14.5 Å². The predicted octanol–water partition coefficient (Wildman–Crippen LogP) is 6.21. The van der Waals surface area contributed by atoms with Crippen molar-refractivity contribution in [2.24, 2.45) is 0 Å². The largest absolute Gasteiger partial charge is 0.408 e. The summed E-state index contributed by atoms with van der Waals surface area (Å²) in [6.07, 6.45) is 1.86. The van der Waals surface area contributed by atoms with Gasteiger partial charge in [0.15, 0.2) is 0 Å². The van der Waals surface area contributed by atoms with Gasteiger partial charge < -0.3 is 5.11 Å². The minimum atomic E-state index is -1.02. The molecule has 4 nitrogen and oxygen atoms in total. The molecule has 0 atom stereocenters. The van der Waals surface area contributed by atoms with Crippen LogP contribution in [0.3, 0.4) is 0 Å². The van der Waals surface area contributed by atoms with Crippen LogP contribution in [-0.2, 0) is 5.21 Å². The lowest BCUT2D eigenvalue weighted by Crippen LogP contribution is -2.55. The lowest BCUT2D eigenvalue weighted by atomic mass is 9.35. The van der Waals surface area contributed by atoms with Gasteiger partial charge in [0.25, 0.3) is 0 Å². The van der Waals surface area contributed by atoms with Crippen molar-refractivity contribution in [3.05, 3.63) is 164 Å². The fourth-order valence-electron chi connectivity index (χ4n) is 7.81. The normalized spacial score (nSPS) is 12.2. The van der Waals surface area contributed by atoms with E-state index in [0.717, 1.165) is 50.1 Å². The second kappa shape index (κ2) is 12.1. The van der Waals surface area contributed by atoms with E-state index in [1.165, 1.54) is 38.2 Å². The quantitative estimate of drug-likeness (QED) is 0.170. The van der Waals surface area contributed by atoms with Crippen molar-refractivity contribution < 1.29 is 5.11 Å². The van der Waals surface area contributed by atoms with Gasteiger partial charge in [0.05, 0.1) is 22.4 Å². The number of imidazole rings is 1. The molecule has 2 heterocycles. The Bertz CT molecular complexity index is 2770. The average molecular weight is 665 g/mol. The smallest absolute Gasteiger partial charge is 0.131 e. The molecule has 52 heavy (non-hydrogen) atoms. The number of para-hydroxylation sites is 2. The molecule has 0 amide bonds. The fourth-order valence-corrected chi connectivity index (χ4v) is 7.81. The second-order valence-corrected chi connectivity index (χ2v) is 14.7. The first-order valence-corrected chi connectivity index (χ1v) is 17.9. The van der Waals surface area contributed by atoms with Crippen LogP contribution in [-0.4, -0.2) is 56.4 Å². The van der Waals surface area contributed by atoms with Gasteiger partial charge in [0.2, 0.25) is 0 Å². The maximum atomic E-state index is 11.4. The van der Waals surface area contributed by atoms with Crippen LogP contribution in [0, 0.1) is 0 Å².